The molecule has 0 bridgehead atoms. The molecule has 1 aliphatic rings. The van der Waals surface area contributed by atoms with Gasteiger partial charge in [-0.3, -0.25) is 4.90 Å². The Labute approximate surface area is 172 Å². The summed E-state index contributed by atoms with van der Waals surface area (Å²) in [4.78, 5) is 4.58. The van der Waals surface area contributed by atoms with E-state index in [-0.39, 0.29) is 10.7 Å². The van der Waals surface area contributed by atoms with Gasteiger partial charge in [0.1, 0.15) is 11.6 Å². The first-order valence-corrected chi connectivity index (χ1v) is 11.2. The van der Waals surface area contributed by atoms with E-state index in [0.717, 1.165) is 38.3 Å². The molecule has 0 atom stereocenters. The molecule has 1 aliphatic heterocycles. The maximum Gasteiger partial charge on any atom is 0.240 e. The van der Waals surface area contributed by atoms with Crippen LogP contribution in [0.1, 0.15) is 12.0 Å². The minimum atomic E-state index is -3.53. The maximum atomic E-state index is 13.9. The Kier molecular flexibility index (Phi) is 7.10. The van der Waals surface area contributed by atoms with Crippen molar-refractivity contribution in [3.05, 3.63) is 53.8 Å². The first-order chi connectivity index (χ1) is 13.9. The van der Waals surface area contributed by atoms with Crippen LogP contribution in [0.2, 0.25) is 0 Å². The molecule has 0 aromatic heterocycles. The normalized spacial score (nSPS) is 15.5. The van der Waals surface area contributed by atoms with E-state index >= 15 is 0 Å². The number of hydrogen-bond donors (Lipinski definition) is 1. The Bertz CT molecular complexity index is 929. The van der Waals surface area contributed by atoms with Crippen LogP contribution in [0.3, 0.4) is 0 Å². The summed E-state index contributed by atoms with van der Waals surface area (Å²) in [6.45, 7) is 6.18. The Balaban J connectivity index is 1.43. The number of rotatable bonds is 8. The van der Waals surface area contributed by atoms with Crippen LogP contribution in [0.15, 0.2) is 47.4 Å². The van der Waals surface area contributed by atoms with Crippen LogP contribution in [0.4, 0.5) is 10.1 Å². The van der Waals surface area contributed by atoms with Crippen molar-refractivity contribution in [1.82, 2.24) is 9.62 Å². The number of hydrogen-bond acceptors (Lipinski definition) is 5. The number of methoxy groups -OCH3 is 1. The first kappa shape index (κ1) is 21.5. The van der Waals surface area contributed by atoms with Gasteiger partial charge >= 0.3 is 0 Å². The highest BCUT2D eigenvalue weighted by Crippen LogP contribution is 2.22. The molecule has 1 N–H and O–H groups in total. The van der Waals surface area contributed by atoms with Crippen molar-refractivity contribution in [1.29, 1.82) is 0 Å². The van der Waals surface area contributed by atoms with E-state index < -0.39 is 10.0 Å². The number of para-hydroxylation sites is 1. The van der Waals surface area contributed by atoms with Crippen LogP contribution >= 0.6 is 0 Å². The second-order valence-corrected chi connectivity index (χ2v) is 8.93. The van der Waals surface area contributed by atoms with Crippen molar-refractivity contribution in [3.63, 3.8) is 0 Å². The summed E-state index contributed by atoms with van der Waals surface area (Å²) in [6.07, 6.45) is 0.716. The van der Waals surface area contributed by atoms with Crippen LogP contribution in [0, 0.1) is 12.7 Å². The molecular weight excluding hydrogens is 393 g/mol. The van der Waals surface area contributed by atoms with Gasteiger partial charge in [-0.15, -0.1) is 0 Å². The molecule has 29 heavy (non-hydrogen) atoms. The number of aryl methyl sites for hydroxylation is 1. The monoisotopic (exact) mass is 421 g/mol. The molecule has 1 saturated heterocycles. The van der Waals surface area contributed by atoms with Crippen molar-refractivity contribution in [3.8, 4) is 5.75 Å². The highest BCUT2D eigenvalue weighted by molar-refractivity contribution is 7.89. The number of anilines is 1. The molecule has 0 spiro atoms. The SMILES string of the molecule is COc1ccc(S(=O)(=O)NCCCN2CCN(c3ccccc3F)CC2)cc1C. The third-order valence-electron chi connectivity index (χ3n) is 5.19. The Morgan fingerprint density at radius 2 is 1.83 bits per heavy atom. The molecule has 1 heterocycles. The Hall–Kier alpha value is -2.16. The van der Waals surface area contributed by atoms with E-state index in [1.807, 2.05) is 13.0 Å². The number of piperazine rings is 1. The van der Waals surface area contributed by atoms with Crippen LogP contribution in [-0.4, -0.2) is 59.7 Å². The number of ether oxygens (including phenoxy) is 1. The van der Waals surface area contributed by atoms with Gasteiger partial charge in [-0.2, -0.15) is 0 Å². The van der Waals surface area contributed by atoms with Gasteiger partial charge in [0.05, 0.1) is 17.7 Å². The van der Waals surface area contributed by atoms with Crippen molar-refractivity contribution in [2.24, 2.45) is 0 Å². The molecule has 0 amide bonds. The summed E-state index contributed by atoms with van der Waals surface area (Å²) >= 11 is 0. The summed E-state index contributed by atoms with van der Waals surface area (Å²) in [5, 5.41) is 0. The van der Waals surface area contributed by atoms with Gasteiger partial charge in [0.15, 0.2) is 0 Å². The van der Waals surface area contributed by atoms with Crippen LogP contribution in [0.5, 0.6) is 5.75 Å². The summed E-state index contributed by atoms with van der Waals surface area (Å²) in [5.41, 5.74) is 1.43. The fourth-order valence-electron chi connectivity index (χ4n) is 3.53. The fourth-order valence-corrected chi connectivity index (χ4v) is 4.69. The number of benzene rings is 2. The summed E-state index contributed by atoms with van der Waals surface area (Å²) in [5.74, 6) is 0.475. The van der Waals surface area contributed by atoms with E-state index in [1.165, 1.54) is 6.07 Å². The molecule has 0 saturated carbocycles. The van der Waals surface area contributed by atoms with Crippen LogP contribution < -0.4 is 14.4 Å². The van der Waals surface area contributed by atoms with Crippen LogP contribution in [0.25, 0.3) is 0 Å². The second kappa shape index (κ2) is 9.56. The lowest BCUT2D eigenvalue weighted by molar-refractivity contribution is 0.255. The Morgan fingerprint density at radius 3 is 2.48 bits per heavy atom. The van der Waals surface area contributed by atoms with E-state index in [1.54, 1.807) is 37.4 Å². The minimum absolute atomic E-state index is 0.191. The standard InChI is InChI=1S/C21H28FN3O3S/c1-17-16-18(8-9-21(17)28-2)29(26,27)23-10-5-11-24-12-14-25(15-13-24)20-7-4-3-6-19(20)22/h3-4,6-9,16,23H,5,10-15H2,1-2H3. The fraction of sp³-hybridized carbons (Fsp3) is 0.429. The van der Waals surface area contributed by atoms with Gasteiger partial charge in [-0.05, 0) is 55.8 Å². The average Bonchev–Trinajstić information content (AvgIpc) is 2.72. The van der Waals surface area contributed by atoms with Crippen molar-refractivity contribution < 1.29 is 17.5 Å². The highest BCUT2D eigenvalue weighted by atomic mass is 32.2. The third-order valence-corrected chi connectivity index (χ3v) is 6.64. The first-order valence-electron chi connectivity index (χ1n) is 9.77. The van der Waals surface area contributed by atoms with Gasteiger partial charge < -0.3 is 9.64 Å². The largest absolute Gasteiger partial charge is 0.496 e. The smallest absolute Gasteiger partial charge is 0.240 e. The number of nitrogens with zero attached hydrogens (tertiary/aromatic N) is 2. The van der Waals surface area contributed by atoms with Crippen molar-refractivity contribution in [2.45, 2.75) is 18.2 Å². The van der Waals surface area contributed by atoms with Gasteiger partial charge in [-0.25, -0.2) is 17.5 Å². The lowest BCUT2D eigenvalue weighted by Crippen LogP contribution is -2.47. The molecule has 6 nitrogen and oxygen atoms in total. The predicted molar refractivity (Wildman–Crippen MR) is 113 cm³/mol. The summed E-state index contributed by atoms with van der Waals surface area (Å²) < 4.78 is 46.7. The third kappa shape index (κ3) is 5.46. The van der Waals surface area contributed by atoms with Crippen LogP contribution in [-0.2, 0) is 10.0 Å². The lowest BCUT2D eigenvalue weighted by Gasteiger charge is -2.36. The van der Waals surface area contributed by atoms with Gasteiger partial charge in [0.25, 0.3) is 0 Å². The van der Waals surface area contributed by atoms with E-state index in [0.29, 0.717) is 24.4 Å². The van der Waals surface area contributed by atoms with E-state index in [4.69, 9.17) is 4.74 Å². The molecule has 0 aliphatic carbocycles. The number of halogens is 1. The minimum Gasteiger partial charge on any atom is -0.496 e. The summed E-state index contributed by atoms with van der Waals surface area (Å²) in [6, 6.07) is 11.7. The average molecular weight is 422 g/mol. The molecule has 0 radical (unpaired) electrons. The van der Waals surface area contributed by atoms with E-state index in [2.05, 4.69) is 14.5 Å². The number of nitrogens with one attached hydrogen (secondary N) is 1. The molecule has 1 fully saturated rings. The van der Waals surface area contributed by atoms with Gasteiger partial charge in [0.2, 0.25) is 10.0 Å². The second-order valence-electron chi connectivity index (χ2n) is 7.16. The molecule has 158 valence electrons. The van der Waals surface area contributed by atoms with Crippen molar-refractivity contribution in [2.75, 3.05) is 51.3 Å². The zero-order chi connectivity index (χ0) is 20.9. The van der Waals surface area contributed by atoms with E-state index in [9.17, 15) is 12.8 Å². The maximum absolute atomic E-state index is 13.9. The Morgan fingerprint density at radius 1 is 1.10 bits per heavy atom. The zero-order valence-corrected chi connectivity index (χ0v) is 17.7. The highest BCUT2D eigenvalue weighted by Gasteiger charge is 2.19. The summed E-state index contributed by atoms with van der Waals surface area (Å²) in [7, 11) is -1.97. The molecule has 8 heteroatoms. The van der Waals surface area contributed by atoms with Gasteiger partial charge in [0, 0.05) is 32.7 Å². The zero-order valence-electron chi connectivity index (χ0n) is 16.9. The molecule has 3 rings (SSSR count). The molecule has 0 unspecified atom stereocenters. The number of sulfonamides is 1. The molecule has 2 aromatic carbocycles. The topological polar surface area (TPSA) is 61.9 Å². The molecule has 2 aromatic rings. The van der Waals surface area contributed by atoms with Gasteiger partial charge in [-0.1, -0.05) is 12.1 Å². The quantitative estimate of drug-likeness (QED) is 0.664. The van der Waals surface area contributed by atoms with Crippen molar-refractivity contribution >= 4 is 15.7 Å². The predicted octanol–water partition coefficient (Wildman–Crippen LogP) is 2.63. The molecular formula is C21H28FN3O3S. The lowest BCUT2D eigenvalue weighted by atomic mass is 10.2.